The summed E-state index contributed by atoms with van der Waals surface area (Å²) in [4.78, 5) is 15.4. The topological polar surface area (TPSA) is 143 Å². The average molecular weight is 542 g/mol. The van der Waals surface area contributed by atoms with Gasteiger partial charge in [0, 0.05) is 30.0 Å². The number of nitrogens with zero attached hydrogens (tertiary/aromatic N) is 1. The minimum Gasteiger partial charge on any atom is -0.507 e. The van der Waals surface area contributed by atoms with Crippen molar-refractivity contribution in [3.05, 3.63) is 83.7 Å². The van der Waals surface area contributed by atoms with E-state index in [1.807, 2.05) is 19.9 Å². The molecule has 1 amide bonds. The van der Waals surface area contributed by atoms with Crippen LogP contribution in [0.2, 0.25) is 0 Å². The predicted molar refractivity (Wildman–Crippen MR) is 138 cm³/mol. The standard InChI is InChI=1S/C24H27N3O5S.2ClH/c1-24(2,27-15-22(29)17-4-3-11-26-14-17)13-16-5-7-18(8-6-16)33(31,32)19-9-10-21(28)20(12-19)23(25)30;;/h3-12,14,22,27-29H,13,15H2,1-2H3,(H2,25,30);2*1H/t22-;;/m1../s1. The lowest BCUT2D eigenvalue weighted by molar-refractivity contribution is 0.0997. The van der Waals surface area contributed by atoms with Gasteiger partial charge in [0.05, 0.1) is 21.5 Å². The maximum atomic E-state index is 12.9. The van der Waals surface area contributed by atoms with Gasteiger partial charge in [-0.3, -0.25) is 9.78 Å². The second-order valence-electron chi connectivity index (χ2n) is 8.43. The quantitative estimate of drug-likeness (QED) is 0.325. The van der Waals surface area contributed by atoms with Crippen LogP contribution < -0.4 is 11.1 Å². The van der Waals surface area contributed by atoms with Gasteiger partial charge in [-0.2, -0.15) is 0 Å². The Hall–Kier alpha value is -2.69. The van der Waals surface area contributed by atoms with E-state index in [-0.39, 0.29) is 51.5 Å². The van der Waals surface area contributed by atoms with Crippen LogP contribution in [0.15, 0.2) is 76.8 Å². The zero-order valence-corrected chi connectivity index (χ0v) is 21.7. The number of carbonyl (C=O) groups is 1. The third-order valence-electron chi connectivity index (χ3n) is 5.27. The number of aromatic nitrogens is 1. The van der Waals surface area contributed by atoms with E-state index >= 15 is 0 Å². The van der Waals surface area contributed by atoms with Crippen molar-refractivity contribution in [1.29, 1.82) is 0 Å². The molecular formula is C24H29Cl2N3O5S. The third kappa shape index (κ3) is 7.65. The molecule has 5 N–H and O–H groups in total. The molecule has 0 aliphatic heterocycles. The fourth-order valence-corrected chi connectivity index (χ4v) is 4.73. The number of nitrogens with two attached hydrogens (primary N) is 1. The number of benzene rings is 2. The van der Waals surface area contributed by atoms with Gasteiger partial charge in [0.2, 0.25) is 9.84 Å². The van der Waals surface area contributed by atoms with E-state index in [1.54, 1.807) is 30.6 Å². The number of carbonyl (C=O) groups excluding carboxylic acids is 1. The Balaban J connectivity index is 0.00000306. The number of pyridine rings is 1. The molecule has 2 aromatic carbocycles. The molecule has 0 aliphatic rings. The van der Waals surface area contributed by atoms with Gasteiger partial charge in [-0.25, -0.2) is 8.42 Å². The average Bonchev–Trinajstić information content (AvgIpc) is 2.78. The molecule has 11 heteroatoms. The zero-order chi connectivity index (χ0) is 24.2. The summed E-state index contributed by atoms with van der Waals surface area (Å²) < 4.78 is 25.9. The second-order valence-corrected chi connectivity index (χ2v) is 10.4. The number of aliphatic hydroxyl groups is 1. The van der Waals surface area contributed by atoms with Gasteiger partial charge in [0.1, 0.15) is 5.75 Å². The van der Waals surface area contributed by atoms with E-state index in [1.165, 1.54) is 18.2 Å². The summed E-state index contributed by atoms with van der Waals surface area (Å²) in [6.07, 6.45) is 3.17. The van der Waals surface area contributed by atoms with Crippen molar-refractivity contribution < 1.29 is 23.4 Å². The molecule has 1 aromatic heterocycles. The summed E-state index contributed by atoms with van der Waals surface area (Å²) in [6, 6.07) is 13.5. The normalized spacial score (nSPS) is 12.2. The highest BCUT2D eigenvalue weighted by Gasteiger charge is 2.23. The molecule has 0 spiro atoms. The summed E-state index contributed by atoms with van der Waals surface area (Å²) >= 11 is 0. The lowest BCUT2D eigenvalue weighted by Crippen LogP contribution is -2.43. The summed E-state index contributed by atoms with van der Waals surface area (Å²) in [7, 11) is -3.90. The van der Waals surface area contributed by atoms with Gasteiger partial charge >= 0.3 is 0 Å². The maximum Gasteiger partial charge on any atom is 0.252 e. The number of sulfone groups is 1. The number of aromatic hydroxyl groups is 1. The molecule has 0 unspecified atom stereocenters. The van der Waals surface area contributed by atoms with Gasteiger partial charge in [-0.15, -0.1) is 24.8 Å². The summed E-state index contributed by atoms with van der Waals surface area (Å²) in [6.45, 7) is 4.33. The first kappa shape index (κ1) is 30.3. The predicted octanol–water partition coefficient (Wildman–Crippen LogP) is 3.21. The van der Waals surface area contributed by atoms with Crippen molar-refractivity contribution in [1.82, 2.24) is 10.3 Å². The molecule has 3 aromatic rings. The Kier molecular flexibility index (Phi) is 10.7. The van der Waals surface area contributed by atoms with Crippen LogP contribution in [0.1, 0.15) is 41.4 Å². The van der Waals surface area contributed by atoms with Crippen LogP contribution >= 0.6 is 24.8 Å². The molecule has 1 atom stereocenters. The van der Waals surface area contributed by atoms with Gasteiger partial charge in [-0.1, -0.05) is 18.2 Å². The van der Waals surface area contributed by atoms with E-state index in [2.05, 4.69) is 10.3 Å². The zero-order valence-electron chi connectivity index (χ0n) is 19.2. The molecule has 0 fully saturated rings. The van der Waals surface area contributed by atoms with Crippen molar-refractivity contribution in [2.24, 2.45) is 5.73 Å². The Morgan fingerprint density at radius 2 is 1.71 bits per heavy atom. The maximum absolute atomic E-state index is 12.9. The molecule has 3 rings (SSSR count). The van der Waals surface area contributed by atoms with Crippen LogP contribution in [0, 0.1) is 0 Å². The second kappa shape index (κ2) is 12.3. The Morgan fingerprint density at radius 1 is 1.09 bits per heavy atom. The highest BCUT2D eigenvalue weighted by atomic mass is 35.5. The van der Waals surface area contributed by atoms with Crippen LogP contribution in [-0.4, -0.2) is 41.6 Å². The SMILES string of the molecule is CC(C)(Cc1ccc(S(=O)(=O)c2ccc(O)c(C(N)=O)c2)cc1)NC[C@@H](O)c1cccnc1.Cl.Cl. The molecular weight excluding hydrogens is 513 g/mol. The molecule has 0 radical (unpaired) electrons. The number of nitrogens with one attached hydrogen (secondary N) is 1. The lowest BCUT2D eigenvalue weighted by atomic mass is 9.94. The minimum atomic E-state index is -3.90. The van der Waals surface area contributed by atoms with Crippen LogP contribution in [0.3, 0.4) is 0 Å². The van der Waals surface area contributed by atoms with Crippen molar-refractivity contribution in [3.8, 4) is 5.75 Å². The van der Waals surface area contributed by atoms with Crippen LogP contribution in [-0.2, 0) is 16.3 Å². The fraction of sp³-hybridized carbons (Fsp3) is 0.250. The summed E-state index contributed by atoms with van der Waals surface area (Å²) in [5, 5.41) is 23.4. The molecule has 0 bridgehead atoms. The highest BCUT2D eigenvalue weighted by Crippen LogP contribution is 2.26. The monoisotopic (exact) mass is 541 g/mol. The van der Waals surface area contributed by atoms with Gasteiger partial charge in [0.25, 0.3) is 5.91 Å². The van der Waals surface area contributed by atoms with Crippen molar-refractivity contribution in [2.45, 2.75) is 41.7 Å². The van der Waals surface area contributed by atoms with Crippen molar-refractivity contribution in [3.63, 3.8) is 0 Å². The Labute approximate surface area is 217 Å². The summed E-state index contributed by atoms with van der Waals surface area (Å²) in [5.41, 5.74) is 6.22. The number of primary amides is 1. The van der Waals surface area contributed by atoms with E-state index in [9.17, 15) is 23.4 Å². The number of rotatable bonds is 9. The first-order valence-corrected chi connectivity index (χ1v) is 11.8. The Bertz CT molecular complexity index is 1240. The number of β-amino-alcohol motifs (C(OH)–C–C–N with tert-alkyl or cyclic N) is 1. The van der Waals surface area contributed by atoms with Crippen molar-refractivity contribution in [2.75, 3.05) is 6.54 Å². The van der Waals surface area contributed by atoms with Gasteiger partial charge < -0.3 is 21.3 Å². The number of amides is 1. The number of halogens is 2. The number of aliphatic hydroxyl groups excluding tert-OH is 1. The highest BCUT2D eigenvalue weighted by molar-refractivity contribution is 7.91. The molecule has 1 heterocycles. The molecule has 35 heavy (non-hydrogen) atoms. The number of phenols is 1. The molecule has 8 nitrogen and oxygen atoms in total. The van der Waals surface area contributed by atoms with E-state index in [0.717, 1.165) is 23.3 Å². The van der Waals surface area contributed by atoms with Crippen LogP contribution in [0.25, 0.3) is 0 Å². The molecule has 0 aliphatic carbocycles. The molecule has 0 saturated carbocycles. The number of hydrogen-bond donors (Lipinski definition) is 4. The van der Waals surface area contributed by atoms with E-state index in [4.69, 9.17) is 5.73 Å². The Morgan fingerprint density at radius 3 is 2.29 bits per heavy atom. The van der Waals surface area contributed by atoms with Crippen molar-refractivity contribution >= 4 is 40.6 Å². The van der Waals surface area contributed by atoms with Crippen LogP contribution in [0.4, 0.5) is 0 Å². The lowest BCUT2D eigenvalue weighted by Gasteiger charge is -2.28. The van der Waals surface area contributed by atoms with Crippen LogP contribution in [0.5, 0.6) is 5.75 Å². The fourth-order valence-electron chi connectivity index (χ4n) is 3.44. The smallest absolute Gasteiger partial charge is 0.252 e. The molecule has 0 saturated heterocycles. The first-order chi connectivity index (χ1) is 15.5. The third-order valence-corrected chi connectivity index (χ3v) is 7.03. The van der Waals surface area contributed by atoms with E-state index < -0.39 is 21.8 Å². The van der Waals surface area contributed by atoms with Gasteiger partial charge in [-0.05, 0) is 62.2 Å². The molecule has 190 valence electrons. The summed E-state index contributed by atoms with van der Waals surface area (Å²) in [5.74, 6) is -1.29. The minimum absolute atomic E-state index is 0. The largest absolute Gasteiger partial charge is 0.507 e. The van der Waals surface area contributed by atoms with E-state index in [0.29, 0.717) is 13.0 Å². The van der Waals surface area contributed by atoms with Gasteiger partial charge in [0.15, 0.2) is 0 Å². The first-order valence-electron chi connectivity index (χ1n) is 10.3. The number of hydrogen-bond acceptors (Lipinski definition) is 7.